The fourth-order valence-electron chi connectivity index (χ4n) is 2.42. The van der Waals surface area contributed by atoms with Crippen molar-refractivity contribution in [2.24, 2.45) is 0 Å². The standard InChI is InChI=1S/C17H21N3O4/c1-12-9-14(10-13(2)16(12)24-11-15(21)22)17(23)18-5-3-7-20-8-4-6-19-20/h4,6,8-10H,3,5,7,11H2,1-2H3,(H,18,23)(H,21,22). The van der Waals surface area contributed by atoms with Crippen molar-refractivity contribution in [2.75, 3.05) is 13.2 Å². The molecular formula is C17H21N3O4. The fourth-order valence-corrected chi connectivity index (χ4v) is 2.42. The first kappa shape index (κ1) is 17.5. The molecule has 2 N–H and O–H groups in total. The summed E-state index contributed by atoms with van der Waals surface area (Å²) in [4.78, 5) is 22.8. The molecule has 1 aromatic heterocycles. The first-order valence-corrected chi connectivity index (χ1v) is 7.69. The maximum absolute atomic E-state index is 12.2. The highest BCUT2D eigenvalue weighted by molar-refractivity contribution is 5.94. The van der Waals surface area contributed by atoms with E-state index >= 15 is 0 Å². The summed E-state index contributed by atoms with van der Waals surface area (Å²) < 4.78 is 7.08. The number of nitrogens with zero attached hydrogens (tertiary/aromatic N) is 2. The molecule has 0 fully saturated rings. The summed E-state index contributed by atoms with van der Waals surface area (Å²) in [6, 6.07) is 5.26. The Bertz CT molecular complexity index is 688. The lowest BCUT2D eigenvalue weighted by Gasteiger charge is -2.13. The number of carboxylic acids is 1. The zero-order valence-electron chi connectivity index (χ0n) is 13.8. The van der Waals surface area contributed by atoms with Crippen molar-refractivity contribution in [3.05, 3.63) is 47.3 Å². The smallest absolute Gasteiger partial charge is 0.341 e. The van der Waals surface area contributed by atoms with Gasteiger partial charge in [-0.2, -0.15) is 5.10 Å². The second-order valence-corrected chi connectivity index (χ2v) is 5.50. The van der Waals surface area contributed by atoms with Gasteiger partial charge in [0.1, 0.15) is 5.75 Å². The van der Waals surface area contributed by atoms with E-state index in [9.17, 15) is 9.59 Å². The molecule has 2 aromatic rings. The van der Waals surface area contributed by atoms with Crippen molar-refractivity contribution in [1.29, 1.82) is 0 Å². The third-order valence-corrected chi connectivity index (χ3v) is 3.47. The predicted octanol–water partition coefficient (Wildman–Crippen LogP) is 1.78. The van der Waals surface area contributed by atoms with Gasteiger partial charge in [-0.25, -0.2) is 4.79 Å². The number of rotatable bonds is 8. The molecule has 7 heteroatoms. The highest BCUT2D eigenvalue weighted by Gasteiger charge is 2.12. The topological polar surface area (TPSA) is 93.5 Å². The van der Waals surface area contributed by atoms with Crippen LogP contribution in [-0.2, 0) is 11.3 Å². The molecular weight excluding hydrogens is 310 g/mol. The molecule has 0 aliphatic carbocycles. The van der Waals surface area contributed by atoms with Gasteiger partial charge in [-0.3, -0.25) is 9.48 Å². The monoisotopic (exact) mass is 331 g/mol. The summed E-state index contributed by atoms with van der Waals surface area (Å²) in [5, 5.41) is 15.7. The average molecular weight is 331 g/mol. The van der Waals surface area contributed by atoms with Crippen molar-refractivity contribution in [3.63, 3.8) is 0 Å². The molecule has 0 atom stereocenters. The number of ether oxygens (including phenoxy) is 1. The first-order chi connectivity index (χ1) is 11.5. The van der Waals surface area contributed by atoms with Gasteiger partial charge >= 0.3 is 5.97 Å². The van der Waals surface area contributed by atoms with Gasteiger partial charge in [0, 0.05) is 31.0 Å². The van der Waals surface area contributed by atoms with Gasteiger partial charge < -0.3 is 15.2 Å². The quantitative estimate of drug-likeness (QED) is 0.719. The van der Waals surface area contributed by atoms with Crippen molar-refractivity contribution in [3.8, 4) is 5.75 Å². The van der Waals surface area contributed by atoms with Crippen LogP contribution in [0.5, 0.6) is 5.75 Å². The Morgan fingerprint density at radius 2 is 2.00 bits per heavy atom. The molecule has 1 heterocycles. The molecule has 1 amide bonds. The minimum absolute atomic E-state index is 0.161. The number of hydrogen-bond donors (Lipinski definition) is 2. The summed E-state index contributed by atoms with van der Waals surface area (Å²) in [5.74, 6) is -0.688. The van der Waals surface area contributed by atoms with Crippen molar-refractivity contribution >= 4 is 11.9 Å². The maximum atomic E-state index is 12.2. The van der Waals surface area contributed by atoms with Crippen LogP contribution in [0, 0.1) is 13.8 Å². The molecule has 24 heavy (non-hydrogen) atoms. The lowest BCUT2D eigenvalue weighted by Crippen LogP contribution is -2.25. The minimum atomic E-state index is -1.03. The van der Waals surface area contributed by atoms with E-state index in [1.807, 2.05) is 16.9 Å². The van der Waals surface area contributed by atoms with E-state index in [1.165, 1.54) is 0 Å². The Hall–Kier alpha value is -2.83. The third kappa shape index (κ3) is 4.84. The summed E-state index contributed by atoms with van der Waals surface area (Å²) in [6.07, 6.45) is 4.38. The van der Waals surface area contributed by atoms with Crippen LogP contribution in [0.3, 0.4) is 0 Å². The van der Waals surface area contributed by atoms with E-state index in [0.717, 1.165) is 24.1 Å². The lowest BCUT2D eigenvalue weighted by atomic mass is 10.1. The van der Waals surface area contributed by atoms with E-state index in [-0.39, 0.29) is 5.91 Å². The normalized spacial score (nSPS) is 10.4. The van der Waals surface area contributed by atoms with Gasteiger partial charge in [0.25, 0.3) is 5.91 Å². The Labute approximate surface area is 140 Å². The molecule has 0 aliphatic heterocycles. The second-order valence-electron chi connectivity index (χ2n) is 5.50. The Morgan fingerprint density at radius 1 is 1.29 bits per heavy atom. The number of benzene rings is 1. The van der Waals surface area contributed by atoms with E-state index in [0.29, 0.717) is 17.9 Å². The number of aliphatic carboxylic acids is 1. The Kier molecular flexibility index (Phi) is 5.95. The van der Waals surface area contributed by atoms with Crippen LogP contribution in [-0.4, -0.2) is 39.9 Å². The van der Waals surface area contributed by atoms with Crippen LogP contribution < -0.4 is 10.1 Å². The van der Waals surface area contributed by atoms with Crippen LogP contribution in [0.1, 0.15) is 27.9 Å². The predicted molar refractivity (Wildman–Crippen MR) is 88.2 cm³/mol. The van der Waals surface area contributed by atoms with Gasteiger partial charge in [0.15, 0.2) is 6.61 Å². The van der Waals surface area contributed by atoms with Crippen molar-refractivity contribution in [1.82, 2.24) is 15.1 Å². The molecule has 0 radical (unpaired) electrons. The highest BCUT2D eigenvalue weighted by atomic mass is 16.5. The van der Waals surface area contributed by atoms with Crippen molar-refractivity contribution < 1.29 is 19.4 Å². The molecule has 0 unspecified atom stereocenters. The molecule has 128 valence electrons. The molecule has 7 nitrogen and oxygen atoms in total. The highest BCUT2D eigenvalue weighted by Crippen LogP contribution is 2.24. The average Bonchev–Trinajstić information content (AvgIpc) is 3.03. The summed E-state index contributed by atoms with van der Waals surface area (Å²) in [6.45, 7) is 4.47. The third-order valence-electron chi connectivity index (χ3n) is 3.47. The second kappa shape index (κ2) is 8.14. The number of carbonyl (C=O) groups excluding carboxylic acids is 1. The summed E-state index contributed by atoms with van der Waals surface area (Å²) in [7, 11) is 0. The van der Waals surface area contributed by atoms with Crippen LogP contribution in [0.25, 0.3) is 0 Å². The molecule has 1 aromatic carbocycles. The Balaban J connectivity index is 1.90. The number of hydrogen-bond acceptors (Lipinski definition) is 4. The summed E-state index contributed by atoms with van der Waals surface area (Å²) in [5.41, 5.74) is 2.00. The largest absolute Gasteiger partial charge is 0.481 e. The van der Waals surface area contributed by atoms with Crippen LogP contribution in [0.2, 0.25) is 0 Å². The number of carbonyl (C=O) groups is 2. The molecule has 0 spiro atoms. The van der Waals surface area contributed by atoms with Crippen molar-refractivity contribution in [2.45, 2.75) is 26.8 Å². The van der Waals surface area contributed by atoms with E-state index in [4.69, 9.17) is 9.84 Å². The fraction of sp³-hybridized carbons (Fsp3) is 0.353. The Morgan fingerprint density at radius 3 is 2.58 bits per heavy atom. The molecule has 0 saturated heterocycles. The number of nitrogens with one attached hydrogen (secondary N) is 1. The van der Waals surface area contributed by atoms with Gasteiger partial charge in [-0.15, -0.1) is 0 Å². The van der Waals surface area contributed by atoms with E-state index in [2.05, 4.69) is 10.4 Å². The van der Waals surface area contributed by atoms with Gasteiger partial charge in [-0.05, 0) is 49.6 Å². The summed E-state index contributed by atoms with van der Waals surface area (Å²) >= 11 is 0. The minimum Gasteiger partial charge on any atom is -0.481 e. The SMILES string of the molecule is Cc1cc(C(=O)NCCCn2cccn2)cc(C)c1OCC(=O)O. The lowest BCUT2D eigenvalue weighted by molar-refractivity contribution is -0.139. The van der Waals surface area contributed by atoms with Gasteiger partial charge in [0.05, 0.1) is 0 Å². The zero-order valence-corrected chi connectivity index (χ0v) is 13.8. The van der Waals surface area contributed by atoms with Gasteiger partial charge in [-0.1, -0.05) is 0 Å². The zero-order chi connectivity index (χ0) is 17.5. The molecule has 0 aliphatic rings. The number of amides is 1. The van der Waals surface area contributed by atoms with E-state index < -0.39 is 12.6 Å². The van der Waals surface area contributed by atoms with E-state index in [1.54, 1.807) is 32.2 Å². The molecule has 0 bridgehead atoms. The molecule has 2 rings (SSSR count). The van der Waals surface area contributed by atoms with Crippen LogP contribution in [0.15, 0.2) is 30.6 Å². The first-order valence-electron chi connectivity index (χ1n) is 7.69. The van der Waals surface area contributed by atoms with Crippen LogP contribution in [0.4, 0.5) is 0 Å². The molecule has 0 saturated carbocycles. The number of aromatic nitrogens is 2. The number of aryl methyl sites for hydroxylation is 3. The maximum Gasteiger partial charge on any atom is 0.341 e. The van der Waals surface area contributed by atoms with Gasteiger partial charge in [0.2, 0.25) is 0 Å². The van der Waals surface area contributed by atoms with Crippen LogP contribution >= 0.6 is 0 Å². The number of carboxylic acid groups (broad SMARTS) is 1.